The van der Waals surface area contributed by atoms with E-state index in [1.807, 2.05) is 6.92 Å². The first kappa shape index (κ1) is 25.8. The van der Waals surface area contributed by atoms with E-state index in [1.165, 1.54) is 36.2 Å². The number of anilines is 1. The van der Waals surface area contributed by atoms with Gasteiger partial charge in [-0.25, -0.2) is 12.8 Å². The number of nitrogens with zero attached hydrogens (tertiary/aromatic N) is 2. The largest absolute Gasteiger partial charge is 0.357 e. The van der Waals surface area contributed by atoms with E-state index in [0.29, 0.717) is 17.7 Å². The molecule has 0 aliphatic heterocycles. The van der Waals surface area contributed by atoms with E-state index >= 15 is 0 Å². The van der Waals surface area contributed by atoms with Crippen LogP contribution in [0.25, 0.3) is 0 Å². The number of carbonyl (C=O) groups excluding carboxylic acids is 2. The van der Waals surface area contributed by atoms with Crippen LogP contribution < -0.4 is 9.62 Å². The summed E-state index contributed by atoms with van der Waals surface area (Å²) < 4.78 is 40.2. The van der Waals surface area contributed by atoms with Gasteiger partial charge in [0.15, 0.2) is 0 Å². The second kappa shape index (κ2) is 10.9. The molecule has 1 atom stereocenters. The summed E-state index contributed by atoms with van der Waals surface area (Å²) in [6, 6.07) is 9.76. The molecule has 0 aromatic heterocycles. The highest BCUT2D eigenvalue weighted by molar-refractivity contribution is 9.10. The number of nitrogens with one attached hydrogen (secondary N) is 1. The predicted molar refractivity (Wildman–Crippen MR) is 126 cm³/mol. The molecule has 1 N–H and O–H groups in total. The maximum absolute atomic E-state index is 13.4. The summed E-state index contributed by atoms with van der Waals surface area (Å²) in [5, 5.41) is 2.55. The van der Waals surface area contributed by atoms with Crippen LogP contribution in [0.2, 0.25) is 0 Å². The Hall–Kier alpha value is -2.46. The fourth-order valence-electron chi connectivity index (χ4n) is 3.27. The van der Waals surface area contributed by atoms with Gasteiger partial charge in [0.25, 0.3) is 0 Å². The standard InChI is InChI=1S/C22H27BrFN3O4S/c1-5-20(22(29)25-3)26(13-16-6-8-17(24)9-7-16)21(28)14-27(32(4,30)31)18-10-11-19(23)15(2)12-18/h6-12,20H,5,13-14H2,1-4H3,(H,25,29)/t20-/m1/s1. The number of benzene rings is 2. The summed E-state index contributed by atoms with van der Waals surface area (Å²) in [5.74, 6) is -1.33. The second-order valence-electron chi connectivity index (χ2n) is 7.39. The van der Waals surface area contributed by atoms with Crippen LogP contribution in [-0.2, 0) is 26.2 Å². The molecule has 32 heavy (non-hydrogen) atoms. The molecule has 0 aliphatic carbocycles. The summed E-state index contributed by atoms with van der Waals surface area (Å²) in [6.07, 6.45) is 1.35. The van der Waals surface area contributed by atoms with Crippen LogP contribution in [0.1, 0.15) is 24.5 Å². The predicted octanol–water partition coefficient (Wildman–Crippen LogP) is 3.22. The Balaban J connectivity index is 2.43. The van der Waals surface area contributed by atoms with Gasteiger partial charge in [0.05, 0.1) is 11.9 Å². The summed E-state index contributed by atoms with van der Waals surface area (Å²) in [4.78, 5) is 27.2. The first-order valence-corrected chi connectivity index (χ1v) is 12.6. The normalized spacial score (nSPS) is 12.2. The second-order valence-corrected chi connectivity index (χ2v) is 10.2. The summed E-state index contributed by atoms with van der Waals surface area (Å²) in [5.41, 5.74) is 1.77. The Morgan fingerprint density at radius 1 is 1.16 bits per heavy atom. The summed E-state index contributed by atoms with van der Waals surface area (Å²) in [6.45, 7) is 3.13. The third kappa shape index (κ3) is 6.52. The van der Waals surface area contributed by atoms with Crippen LogP contribution in [-0.4, -0.2) is 51.0 Å². The molecular formula is C22H27BrFN3O4S. The Morgan fingerprint density at radius 2 is 1.78 bits per heavy atom. The molecule has 0 radical (unpaired) electrons. The highest BCUT2D eigenvalue weighted by atomic mass is 79.9. The van der Waals surface area contributed by atoms with Gasteiger partial charge in [-0.2, -0.15) is 0 Å². The smallest absolute Gasteiger partial charge is 0.244 e. The molecule has 2 aromatic carbocycles. The minimum absolute atomic E-state index is 0.0298. The fraction of sp³-hybridized carbons (Fsp3) is 0.364. The molecule has 174 valence electrons. The van der Waals surface area contributed by atoms with Crippen molar-refractivity contribution in [1.29, 1.82) is 0 Å². The van der Waals surface area contributed by atoms with Crippen molar-refractivity contribution in [2.75, 3.05) is 24.2 Å². The number of aryl methyl sites for hydroxylation is 1. The minimum Gasteiger partial charge on any atom is -0.357 e. The van der Waals surface area contributed by atoms with Crippen LogP contribution in [0.15, 0.2) is 46.9 Å². The van der Waals surface area contributed by atoms with Crippen LogP contribution in [0, 0.1) is 12.7 Å². The van der Waals surface area contributed by atoms with E-state index in [9.17, 15) is 22.4 Å². The van der Waals surface area contributed by atoms with Crippen LogP contribution in [0.5, 0.6) is 0 Å². The topological polar surface area (TPSA) is 86.8 Å². The van der Waals surface area contributed by atoms with Crippen molar-refractivity contribution in [2.45, 2.75) is 32.9 Å². The number of hydrogen-bond donors (Lipinski definition) is 1. The highest BCUT2D eigenvalue weighted by Gasteiger charge is 2.31. The van der Waals surface area contributed by atoms with Gasteiger partial charge >= 0.3 is 0 Å². The van der Waals surface area contributed by atoms with E-state index in [1.54, 1.807) is 25.1 Å². The Labute approximate surface area is 196 Å². The summed E-state index contributed by atoms with van der Waals surface area (Å²) in [7, 11) is -2.32. The van der Waals surface area contributed by atoms with Gasteiger partial charge in [-0.3, -0.25) is 13.9 Å². The molecule has 0 aliphatic rings. The van der Waals surface area contributed by atoms with Gasteiger partial charge in [-0.15, -0.1) is 0 Å². The van der Waals surface area contributed by atoms with Crippen molar-refractivity contribution in [2.24, 2.45) is 0 Å². The van der Waals surface area contributed by atoms with Crippen molar-refractivity contribution in [1.82, 2.24) is 10.2 Å². The van der Waals surface area contributed by atoms with Gasteiger partial charge in [0, 0.05) is 18.1 Å². The van der Waals surface area contributed by atoms with Gasteiger partial charge in [-0.05, 0) is 54.8 Å². The summed E-state index contributed by atoms with van der Waals surface area (Å²) >= 11 is 3.38. The lowest BCUT2D eigenvalue weighted by molar-refractivity contribution is -0.140. The molecule has 0 saturated heterocycles. The van der Waals surface area contributed by atoms with Gasteiger partial charge in [0.2, 0.25) is 21.8 Å². The maximum Gasteiger partial charge on any atom is 0.244 e. The average molecular weight is 528 g/mol. The quantitative estimate of drug-likeness (QED) is 0.542. The van der Waals surface area contributed by atoms with E-state index in [-0.39, 0.29) is 12.5 Å². The molecule has 0 heterocycles. The third-order valence-corrected chi connectivity index (χ3v) is 7.04. The molecule has 0 saturated carbocycles. The van der Waals surface area contributed by atoms with Gasteiger partial charge < -0.3 is 10.2 Å². The lowest BCUT2D eigenvalue weighted by atomic mass is 10.1. The van der Waals surface area contributed by atoms with Crippen molar-refractivity contribution in [3.63, 3.8) is 0 Å². The maximum atomic E-state index is 13.4. The number of halogens is 2. The molecule has 2 rings (SSSR count). The zero-order chi connectivity index (χ0) is 24.1. The number of carbonyl (C=O) groups is 2. The zero-order valence-corrected chi connectivity index (χ0v) is 20.8. The first-order chi connectivity index (χ1) is 15.0. The van der Waals surface area contributed by atoms with Crippen molar-refractivity contribution < 1.29 is 22.4 Å². The Bertz CT molecular complexity index is 1080. The first-order valence-electron chi connectivity index (χ1n) is 9.97. The highest BCUT2D eigenvalue weighted by Crippen LogP contribution is 2.25. The number of likely N-dealkylation sites (N-methyl/N-ethyl adjacent to an activating group) is 1. The third-order valence-electron chi connectivity index (χ3n) is 5.01. The van der Waals surface area contributed by atoms with Crippen LogP contribution in [0.4, 0.5) is 10.1 Å². The molecule has 10 heteroatoms. The van der Waals surface area contributed by atoms with Gasteiger partial charge in [0.1, 0.15) is 18.4 Å². The molecular weight excluding hydrogens is 501 g/mol. The van der Waals surface area contributed by atoms with Crippen LogP contribution >= 0.6 is 15.9 Å². The molecule has 7 nitrogen and oxygen atoms in total. The van der Waals surface area contributed by atoms with E-state index in [0.717, 1.165) is 20.6 Å². The minimum atomic E-state index is -3.79. The van der Waals surface area contributed by atoms with E-state index in [2.05, 4.69) is 21.2 Å². The number of hydrogen-bond acceptors (Lipinski definition) is 4. The molecule has 0 unspecified atom stereocenters. The van der Waals surface area contributed by atoms with Crippen molar-refractivity contribution >= 4 is 43.5 Å². The Kier molecular flexibility index (Phi) is 8.80. The molecule has 2 amide bonds. The lowest BCUT2D eigenvalue weighted by Crippen LogP contribution is -2.51. The average Bonchev–Trinajstić information content (AvgIpc) is 2.74. The van der Waals surface area contributed by atoms with Crippen molar-refractivity contribution in [3.8, 4) is 0 Å². The zero-order valence-electron chi connectivity index (χ0n) is 18.4. The monoisotopic (exact) mass is 527 g/mol. The Morgan fingerprint density at radius 3 is 2.28 bits per heavy atom. The fourth-order valence-corrected chi connectivity index (χ4v) is 4.36. The lowest BCUT2D eigenvalue weighted by Gasteiger charge is -2.32. The van der Waals surface area contributed by atoms with Gasteiger partial charge in [-0.1, -0.05) is 35.0 Å². The molecule has 0 bridgehead atoms. The number of amides is 2. The number of rotatable bonds is 9. The van der Waals surface area contributed by atoms with E-state index < -0.39 is 34.3 Å². The SMILES string of the molecule is CC[C@H](C(=O)NC)N(Cc1ccc(F)cc1)C(=O)CN(c1ccc(Br)c(C)c1)S(C)(=O)=O. The van der Waals surface area contributed by atoms with E-state index in [4.69, 9.17) is 0 Å². The molecule has 0 spiro atoms. The van der Waals surface area contributed by atoms with Crippen molar-refractivity contribution in [3.05, 3.63) is 63.9 Å². The van der Waals surface area contributed by atoms with Crippen LogP contribution in [0.3, 0.4) is 0 Å². The molecule has 2 aromatic rings. The molecule has 0 fully saturated rings. The number of sulfonamides is 1.